The van der Waals surface area contributed by atoms with Crippen LogP contribution in [0.25, 0.3) is 0 Å². The van der Waals surface area contributed by atoms with Crippen LogP contribution in [-0.2, 0) is 17.8 Å². The van der Waals surface area contributed by atoms with Crippen molar-refractivity contribution in [1.82, 2.24) is 5.43 Å². The predicted molar refractivity (Wildman–Crippen MR) is 137 cm³/mol. The summed E-state index contributed by atoms with van der Waals surface area (Å²) in [4.78, 5) is 12.2. The van der Waals surface area contributed by atoms with Crippen LogP contribution in [-0.4, -0.2) is 19.2 Å². The largest absolute Gasteiger partial charge is 0.493 e. The van der Waals surface area contributed by atoms with Crippen LogP contribution in [0.5, 0.6) is 11.5 Å². The van der Waals surface area contributed by atoms with Crippen molar-refractivity contribution in [1.29, 1.82) is 0 Å². The molecule has 3 aromatic carbocycles. The van der Waals surface area contributed by atoms with E-state index in [1.165, 1.54) is 11.1 Å². The van der Waals surface area contributed by atoms with Gasteiger partial charge in [-0.2, -0.15) is 5.10 Å². The van der Waals surface area contributed by atoms with Gasteiger partial charge in [-0.3, -0.25) is 4.79 Å². The van der Waals surface area contributed by atoms with E-state index in [4.69, 9.17) is 21.1 Å². The van der Waals surface area contributed by atoms with Crippen molar-refractivity contribution in [2.75, 3.05) is 7.11 Å². The Morgan fingerprint density at radius 3 is 2.47 bits per heavy atom. The number of nitrogens with zero attached hydrogens (tertiary/aromatic N) is 1. The Kier molecular flexibility index (Phi) is 8.53. The first kappa shape index (κ1) is 24.1. The molecule has 0 aromatic heterocycles. The standard InChI is InChI=1S/C25H24ClIN2O3/c1-16-4-5-19(10-17(16)2)13-24(30)29-28-14-20-11-22(27)25(23(12-20)31-3)32-15-18-6-8-21(26)9-7-18/h4-12,14H,13,15H2,1-3H3,(H,29,30)/b28-14-. The summed E-state index contributed by atoms with van der Waals surface area (Å²) in [6.07, 6.45) is 1.86. The fourth-order valence-electron chi connectivity index (χ4n) is 3.01. The Morgan fingerprint density at radius 1 is 1.06 bits per heavy atom. The van der Waals surface area contributed by atoms with Crippen LogP contribution < -0.4 is 14.9 Å². The van der Waals surface area contributed by atoms with Crippen LogP contribution >= 0.6 is 34.2 Å². The van der Waals surface area contributed by atoms with Crippen LogP contribution in [0.1, 0.15) is 27.8 Å². The molecule has 0 unspecified atom stereocenters. The van der Waals surface area contributed by atoms with Crippen molar-refractivity contribution in [3.8, 4) is 11.5 Å². The second-order valence-electron chi connectivity index (χ2n) is 7.34. The highest BCUT2D eigenvalue weighted by Crippen LogP contribution is 2.34. The molecule has 0 saturated heterocycles. The first-order valence-corrected chi connectivity index (χ1v) is 11.4. The van der Waals surface area contributed by atoms with E-state index in [1.54, 1.807) is 13.3 Å². The van der Waals surface area contributed by atoms with Crippen LogP contribution in [0.15, 0.2) is 59.7 Å². The van der Waals surface area contributed by atoms with Gasteiger partial charge in [-0.05, 0) is 88.5 Å². The monoisotopic (exact) mass is 562 g/mol. The lowest BCUT2D eigenvalue weighted by molar-refractivity contribution is -0.120. The normalized spacial score (nSPS) is 10.9. The number of nitrogens with one attached hydrogen (secondary N) is 1. The Morgan fingerprint density at radius 2 is 1.78 bits per heavy atom. The van der Waals surface area contributed by atoms with Crippen LogP contribution in [0.3, 0.4) is 0 Å². The number of methoxy groups -OCH3 is 1. The third-order valence-corrected chi connectivity index (χ3v) is 5.94. The van der Waals surface area contributed by atoms with E-state index in [-0.39, 0.29) is 12.3 Å². The minimum Gasteiger partial charge on any atom is -0.493 e. The van der Waals surface area contributed by atoms with Crippen LogP contribution in [0.2, 0.25) is 5.02 Å². The van der Waals surface area contributed by atoms with Gasteiger partial charge in [0.15, 0.2) is 11.5 Å². The molecule has 166 valence electrons. The molecule has 0 aliphatic carbocycles. The van der Waals surface area contributed by atoms with Gasteiger partial charge < -0.3 is 9.47 Å². The lowest BCUT2D eigenvalue weighted by Crippen LogP contribution is -2.19. The molecule has 0 aliphatic heterocycles. The number of amides is 1. The molecule has 0 spiro atoms. The summed E-state index contributed by atoms with van der Waals surface area (Å²) in [5.41, 5.74) is 7.70. The average Bonchev–Trinajstić information content (AvgIpc) is 2.76. The van der Waals surface area contributed by atoms with E-state index in [9.17, 15) is 4.79 Å². The number of ether oxygens (including phenoxy) is 2. The molecule has 1 N–H and O–H groups in total. The first-order chi connectivity index (χ1) is 15.4. The molecule has 0 radical (unpaired) electrons. The third kappa shape index (κ3) is 6.71. The maximum atomic E-state index is 12.2. The van der Waals surface area contributed by atoms with Gasteiger partial charge in [-0.1, -0.05) is 41.9 Å². The first-order valence-electron chi connectivity index (χ1n) is 9.98. The maximum Gasteiger partial charge on any atom is 0.244 e. The highest BCUT2D eigenvalue weighted by molar-refractivity contribution is 14.1. The Labute approximate surface area is 206 Å². The van der Waals surface area contributed by atoms with Gasteiger partial charge in [0.2, 0.25) is 5.91 Å². The van der Waals surface area contributed by atoms with Crippen LogP contribution in [0, 0.1) is 17.4 Å². The molecule has 0 fully saturated rings. The van der Waals surface area contributed by atoms with Gasteiger partial charge in [0, 0.05) is 5.02 Å². The van der Waals surface area contributed by atoms with E-state index in [0.29, 0.717) is 23.1 Å². The van der Waals surface area contributed by atoms with Gasteiger partial charge in [-0.25, -0.2) is 5.43 Å². The number of halogens is 2. The van der Waals surface area contributed by atoms with Crippen molar-refractivity contribution >= 4 is 46.3 Å². The lowest BCUT2D eigenvalue weighted by Gasteiger charge is -2.13. The summed E-state index contributed by atoms with van der Waals surface area (Å²) in [6, 6.07) is 17.2. The molecule has 0 bridgehead atoms. The zero-order chi connectivity index (χ0) is 23.1. The lowest BCUT2D eigenvalue weighted by atomic mass is 10.0. The Balaban J connectivity index is 1.62. The minimum atomic E-state index is -0.172. The van der Waals surface area contributed by atoms with E-state index in [1.807, 2.05) is 68.4 Å². The van der Waals surface area contributed by atoms with Gasteiger partial charge >= 0.3 is 0 Å². The molecule has 3 aromatic rings. The molecule has 0 atom stereocenters. The number of carbonyl (C=O) groups excluding carboxylic acids is 1. The Hall–Kier alpha value is -2.58. The molecule has 0 saturated carbocycles. The van der Waals surface area contributed by atoms with E-state index in [0.717, 1.165) is 20.3 Å². The molecular formula is C25H24ClIN2O3. The van der Waals surface area contributed by atoms with Crippen molar-refractivity contribution < 1.29 is 14.3 Å². The molecule has 5 nitrogen and oxygen atoms in total. The number of benzene rings is 3. The quantitative estimate of drug-likeness (QED) is 0.213. The number of carbonyl (C=O) groups is 1. The highest BCUT2D eigenvalue weighted by Gasteiger charge is 2.12. The van der Waals surface area contributed by atoms with E-state index >= 15 is 0 Å². The van der Waals surface area contributed by atoms with Gasteiger partial charge in [0.05, 0.1) is 23.3 Å². The van der Waals surface area contributed by atoms with Crippen molar-refractivity contribution in [2.45, 2.75) is 26.9 Å². The molecule has 0 aliphatic rings. The molecule has 1 amide bonds. The van der Waals surface area contributed by atoms with Gasteiger partial charge in [0.1, 0.15) is 6.61 Å². The topological polar surface area (TPSA) is 59.9 Å². The smallest absolute Gasteiger partial charge is 0.244 e. The molecule has 32 heavy (non-hydrogen) atoms. The van der Waals surface area contributed by atoms with Gasteiger partial charge in [-0.15, -0.1) is 0 Å². The highest BCUT2D eigenvalue weighted by atomic mass is 127. The summed E-state index contributed by atoms with van der Waals surface area (Å²) in [5, 5.41) is 4.77. The summed E-state index contributed by atoms with van der Waals surface area (Å²) >= 11 is 8.13. The number of aryl methyl sites for hydroxylation is 2. The summed E-state index contributed by atoms with van der Waals surface area (Å²) in [6.45, 7) is 4.48. The fourth-order valence-corrected chi connectivity index (χ4v) is 3.91. The number of hydrogen-bond acceptors (Lipinski definition) is 4. The van der Waals surface area contributed by atoms with E-state index in [2.05, 4.69) is 33.1 Å². The average molecular weight is 563 g/mol. The van der Waals surface area contributed by atoms with Crippen molar-refractivity contribution in [3.05, 3.63) is 91.0 Å². The minimum absolute atomic E-state index is 0.172. The van der Waals surface area contributed by atoms with Crippen molar-refractivity contribution in [2.24, 2.45) is 5.10 Å². The molecular weight excluding hydrogens is 539 g/mol. The van der Waals surface area contributed by atoms with Crippen LogP contribution in [0.4, 0.5) is 0 Å². The summed E-state index contributed by atoms with van der Waals surface area (Å²) in [5.74, 6) is 1.07. The number of hydrogen-bond donors (Lipinski definition) is 1. The molecule has 3 rings (SSSR count). The van der Waals surface area contributed by atoms with E-state index < -0.39 is 0 Å². The van der Waals surface area contributed by atoms with Crippen molar-refractivity contribution in [3.63, 3.8) is 0 Å². The summed E-state index contributed by atoms with van der Waals surface area (Å²) in [7, 11) is 1.59. The second kappa shape index (κ2) is 11.3. The summed E-state index contributed by atoms with van der Waals surface area (Å²) < 4.78 is 12.4. The third-order valence-electron chi connectivity index (χ3n) is 4.89. The predicted octanol–water partition coefficient (Wildman–Crippen LogP) is 5.84. The molecule has 7 heteroatoms. The number of rotatable bonds is 8. The second-order valence-corrected chi connectivity index (χ2v) is 8.94. The number of hydrazone groups is 1. The SMILES string of the molecule is COc1cc(/C=N\NC(=O)Cc2ccc(C)c(C)c2)cc(I)c1OCc1ccc(Cl)cc1. The maximum absolute atomic E-state index is 12.2. The fraction of sp³-hybridized carbons (Fsp3) is 0.200. The Bertz CT molecular complexity index is 1130. The zero-order valence-electron chi connectivity index (χ0n) is 18.1. The van der Waals surface area contributed by atoms with Gasteiger partial charge in [0.25, 0.3) is 0 Å². The zero-order valence-corrected chi connectivity index (χ0v) is 21.0. The molecule has 0 heterocycles.